The summed E-state index contributed by atoms with van der Waals surface area (Å²) < 4.78 is 10.1. The van der Waals surface area contributed by atoms with Crippen molar-refractivity contribution in [3.63, 3.8) is 0 Å². The molecule has 22 heavy (non-hydrogen) atoms. The van der Waals surface area contributed by atoms with Gasteiger partial charge < -0.3 is 19.7 Å². The Labute approximate surface area is 135 Å². The summed E-state index contributed by atoms with van der Waals surface area (Å²) in [5, 5.41) is 3.29. The molecule has 0 aliphatic carbocycles. The van der Waals surface area contributed by atoms with E-state index in [1.165, 1.54) is 18.9 Å². The quantitative estimate of drug-likeness (QED) is 0.832. The lowest BCUT2D eigenvalue weighted by Crippen LogP contribution is -2.38. The molecule has 0 unspecified atom stereocenters. The lowest BCUT2D eigenvalue weighted by Gasteiger charge is -2.20. The zero-order chi connectivity index (χ0) is 16.7. The molecule has 0 saturated heterocycles. The van der Waals surface area contributed by atoms with Gasteiger partial charge in [-0.3, -0.25) is 9.59 Å². The maximum Gasteiger partial charge on any atom is 0.244 e. The maximum atomic E-state index is 12.1. The van der Waals surface area contributed by atoms with Crippen LogP contribution in [-0.2, 0) is 14.3 Å². The van der Waals surface area contributed by atoms with Crippen molar-refractivity contribution in [2.24, 2.45) is 0 Å². The summed E-state index contributed by atoms with van der Waals surface area (Å²) in [7, 11) is 3.04. The van der Waals surface area contributed by atoms with E-state index in [-0.39, 0.29) is 18.4 Å². The van der Waals surface area contributed by atoms with E-state index in [1.54, 1.807) is 19.2 Å². The number of hydrogen-bond donors (Lipinski definition) is 1. The average molecular weight is 329 g/mol. The number of nitrogens with one attached hydrogen (secondary N) is 1. The van der Waals surface area contributed by atoms with Crippen molar-refractivity contribution in [1.29, 1.82) is 0 Å². The molecule has 0 fully saturated rings. The fourth-order valence-electron chi connectivity index (χ4n) is 1.84. The van der Waals surface area contributed by atoms with Gasteiger partial charge in [0.05, 0.1) is 25.9 Å². The van der Waals surface area contributed by atoms with E-state index in [0.29, 0.717) is 29.6 Å². The molecular weight excluding hydrogens is 308 g/mol. The first-order chi connectivity index (χ1) is 10.4. The summed E-state index contributed by atoms with van der Waals surface area (Å²) >= 11 is 6.02. The van der Waals surface area contributed by atoms with Crippen LogP contribution in [0.15, 0.2) is 12.1 Å². The lowest BCUT2D eigenvalue weighted by molar-refractivity contribution is -0.133. The van der Waals surface area contributed by atoms with Gasteiger partial charge in [-0.15, -0.1) is 0 Å². The van der Waals surface area contributed by atoms with Gasteiger partial charge in [-0.2, -0.15) is 0 Å². The summed E-state index contributed by atoms with van der Waals surface area (Å²) in [6, 6.07) is 3.37. The Bertz CT molecular complexity index is 549. The Balaban J connectivity index is 2.79. The minimum Gasteiger partial charge on any atom is -0.495 e. The van der Waals surface area contributed by atoms with Crippen molar-refractivity contribution >= 4 is 29.1 Å². The molecule has 1 aromatic carbocycles. The lowest BCUT2D eigenvalue weighted by atomic mass is 10.2. The van der Waals surface area contributed by atoms with Crippen LogP contribution in [0.1, 0.15) is 12.5 Å². The standard InChI is InChI=1S/C15H21ClN2O4/c1-10-7-13(14(22-4)8-12(10)16)17-15(20)9-18(11(2)19)5-6-21-3/h7-8H,5-6,9H2,1-4H3,(H,17,20). The molecule has 0 aromatic heterocycles. The molecule has 1 aromatic rings. The second kappa shape index (κ2) is 8.60. The van der Waals surface area contributed by atoms with Gasteiger partial charge in [0.2, 0.25) is 11.8 Å². The van der Waals surface area contributed by atoms with Crippen molar-refractivity contribution in [2.75, 3.05) is 39.2 Å². The SMILES string of the molecule is COCCN(CC(=O)Nc1cc(C)c(Cl)cc1OC)C(C)=O. The van der Waals surface area contributed by atoms with Crippen molar-refractivity contribution in [2.45, 2.75) is 13.8 Å². The van der Waals surface area contributed by atoms with Crippen LogP contribution in [0.2, 0.25) is 5.02 Å². The summed E-state index contributed by atoms with van der Waals surface area (Å²) in [4.78, 5) is 25.0. The van der Waals surface area contributed by atoms with Crippen LogP contribution in [-0.4, -0.2) is 50.6 Å². The maximum absolute atomic E-state index is 12.1. The van der Waals surface area contributed by atoms with E-state index in [4.69, 9.17) is 21.1 Å². The molecule has 7 heteroatoms. The Kier molecular flexibility index (Phi) is 7.14. The van der Waals surface area contributed by atoms with Crippen LogP contribution >= 0.6 is 11.6 Å². The van der Waals surface area contributed by atoms with E-state index >= 15 is 0 Å². The molecule has 2 amide bonds. The van der Waals surface area contributed by atoms with E-state index in [1.807, 2.05) is 6.92 Å². The van der Waals surface area contributed by atoms with Gasteiger partial charge in [-0.25, -0.2) is 0 Å². The van der Waals surface area contributed by atoms with Gasteiger partial charge in [0.25, 0.3) is 0 Å². The zero-order valence-electron chi connectivity index (χ0n) is 13.2. The van der Waals surface area contributed by atoms with Crippen molar-refractivity contribution in [3.8, 4) is 5.75 Å². The number of carbonyl (C=O) groups excluding carboxylic acids is 2. The second-order valence-electron chi connectivity index (χ2n) is 4.78. The number of ether oxygens (including phenoxy) is 2. The minimum absolute atomic E-state index is 0.0521. The van der Waals surface area contributed by atoms with E-state index in [2.05, 4.69) is 5.32 Å². The fraction of sp³-hybridized carbons (Fsp3) is 0.467. The average Bonchev–Trinajstić information content (AvgIpc) is 2.46. The third-order valence-corrected chi connectivity index (χ3v) is 3.51. The topological polar surface area (TPSA) is 67.9 Å². The monoisotopic (exact) mass is 328 g/mol. The summed E-state index contributed by atoms with van der Waals surface area (Å²) in [5.41, 5.74) is 1.34. The van der Waals surface area contributed by atoms with Crippen LogP contribution in [0.25, 0.3) is 0 Å². The highest BCUT2D eigenvalue weighted by Crippen LogP contribution is 2.30. The minimum atomic E-state index is -0.314. The van der Waals surface area contributed by atoms with Crippen LogP contribution in [0, 0.1) is 6.92 Å². The van der Waals surface area contributed by atoms with Crippen molar-refractivity contribution in [1.82, 2.24) is 4.90 Å². The third-order valence-electron chi connectivity index (χ3n) is 3.10. The molecule has 6 nitrogen and oxygen atoms in total. The largest absolute Gasteiger partial charge is 0.495 e. The van der Waals surface area contributed by atoms with E-state index in [0.717, 1.165) is 5.56 Å². The number of anilines is 1. The zero-order valence-corrected chi connectivity index (χ0v) is 14.0. The van der Waals surface area contributed by atoms with Crippen molar-refractivity contribution < 1.29 is 19.1 Å². The molecule has 1 N–H and O–H groups in total. The molecule has 0 saturated carbocycles. The smallest absolute Gasteiger partial charge is 0.244 e. The Hall–Kier alpha value is -1.79. The first-order valence-corrected chi connectivity index (χ1v) is 7.15. The fourth-order valence-corrected chi connectivity index (χ4v) is 2.00. The Morgan fingerprint density at radius 2 is 2.00 bits per heavy atom. The third kappa shape index (κ3) is 5.20. The molecule has 0 spiro atoms. The highest BCUT2D eigenvalue weighted by atomic mass is 35.5. The van der Waals surface area contributed by atoms with Gasteiger partial charge in [-0.1, -0.05) is 11.6 Å². The molecule has 0 atom stereocenters. The predicted molar refractivity (Wildman–Crippen MR) is 85.5 cm³/mol. The van der Waals surface area contributed by atoms with Crippen molar-refractivity contribution in [3.05, 3.63) is 22.7 Å². The molecule has 1 rings (SSSR count). The summed E-state index contributed by atoms with van der Waals surface area (Å²) in [6.07, 6.45) is 0. The van der Waals surface area contributed by atoms with Gasteiger partial charge in [0.1, 0.15) is 5.75 Å². The molecule has 0 aliphatic heterocycles. The number of methoxy groups -OCH3 is 2. The number of benzene rings is 1. The Morgan fingerprint density at radius 1 is 1.32 bits per heavy atom. The Morgan fingerprint density at radius 3 is 2.55 bits per heavy atom. The van der Waals surface area contributed by atoms with Gasteiger partial charge in [0, 0.05) is 31.7 Å². The number of carbonyl (C=O) groups is 2. The second-order valence-corrected chi connectivity index (χ2v) is 5.19. The molecule has 0 aliphatic rings. The highest BCUT2D eigenvalue weighted by molar-refractivity contribution is 6.31. The van der Waals surface area contributed by atoms with E-state index < -0.39 is 0 Å². The van der Waals surface area contributed by atoms with E-state index in [9.17, 15) is 9.59 Å². The highest BCUT2D eigenvalue weighted by Gasteiger charge is 2.15. The number of amides is 2. The number of halogens is 1. The van der Waals surface area contributed by atoms with Crippen LogP contribution < -0.4 is 10.1 Å². The first kappa shape index (κ1) is 18.3. The number of aryl methyl sites for hydroxylation is 1. The van der Waals surface area contributed by atoms with Gasteiger partial charge in [0.15, 0.2) is 0 Å². The van der Waals surface area contributed by atoms with Gasteiger partial charge in [-0.05, 0) is 18.6 Å². The van der Waals surface area contributed by atoms with Gasteiger partial charge >= 0.3 is 0 Å². The first-order valence-electron chi connectivity index (χ1n) is 6.77. The molecule has 0 heterocycles. The number of nitrogens with zero attached hydrogens (tertiary/aromatic N) is 1. The number of hydrogen-bond acceptors (Lipinski definition) is 4. The van der Waals surface area contributed by atoms with Crippen LogP contribution in [0.5, 0.6) is 5.75 Å². The number of rotatable bonds is 7. The molecular formula is C15H21ClN2O4. The molecule has 122 valence electrons. The normalized spacial score (nSPS) is 10.2. The summed E-state index contributed by atoms with van der Waals surface area (Å²) in [5.74, 6) is -0.0343. The summed E-state index contributed by atoms with van der Waals surface area (Å²) in [6.45, 7) is 3.92. The predicted octanol–water partition coefficient (Wildman–Crippen LogP) is 2.09. The van der Waals surface area contributed by atoms with Crippen LogP contribution in [0.4, 0.5) is 5.69 Å². The molecule has 0 bridgehead atoms. The molecule has 0 radical (unpaired) electrons. The van der Waals surface area contributed by atoms with Crippen LogP contribution in [0.3, 0.4) is 0 Å².